The summed E-state index contributed by atoms with van der Waals surface area (Å²) in [4.78, 5) is 0. The van der Waals surface area contributed by atoms with Gasteiger partial charge in [-0.3, -0.25) is 0 Å². The number of benzene rings is 1. The number of aliphatic hydroxyl groups excluding tert-OH is 1. The number of hydrogen-bond donors (Lipinski definition) is 1. The first-order valence-electron chi connectivity index (χ1n) is 6.95. The predicted molar refractivity (Wildman–Crippen MR) is 75.9 cm³/mol. The van der Waals surface area contributed by atoms with Crippen LogP contribution in [0.25, 0.3) is 0 Å². The highest BCUT2D eigenvalue weighted by Crippen LogP contribution is 2.36. The van der Waals surface area contributed by atoms with Crippen LogP contribution >= 0.6 is 0 Å². The SMILES string of the molecule is COc1ccc(C2CCOCC2)cc1C(C)(C)CO. The van der Waals surface area contributed by atoms with Crippen molar-refractivity contribution in [1.29, 1.82) is 0 Å². The first-order valence-corrected chi connectivity index (χ1v) is 6.95. The zero-order chi connectivity index (χ0) is 13.9. The maximum absolute atomic E-state index is 9.59. The third-order valence-corrected chi connectivity index (χ3v) is 4.04. The van der Waals surface area contributed by atoms with Gasteiger partial charge in [0.05, 0.1) is 13.7 Å². The van der Waals surface area contributed by atoms with Crippen molar-refractivity contribution in [2.45, 2.75) is 38.0 Å². The van der Waals surface area contributed by atoms with Crippen LogP contribution in [0, 0.1) is 0 Å². The fourth-order valence-corrected chi connectivity index (χ4v) is 2.62. The molecule has 1 fully saturated rings. The average Bonchev–Trinajstić information content (AvgIpc) is 2.47. The molecule has 0 spiro atoms. The normalized spacial score (nSPS) is 17.5. The summed E-state index contributed by atoms with van der Waals surface area (Å²) in [5.74, 6) is 1.42. The van der Waals surface area contributed by atoms with Crippen molar-refractivity contribution >= 4 is 0 Å². The fourth-order valence-electron chi connectivity index (χ4n) is 2.62. The Kier molecular flexibility index (Phi) is 4.48. The third-order valence-electron chi connectivity index (χ3n) is 4.04. The van der Waals surface area contributed by atoms with Gasteiger partial charge in [-0.2, -0.15) is 0 Å². The van der Waals surface area contributed by atoms with Crippen molar-refractivity contribution < 1.29 is 14.6 Å². The summed E-state index contributed by atoms with van der Waals surface area (Å²) < 4.78 is 10.9. The fraction of sp³-hybridized carbons (Fsp3) is 0.625. The number of methoxy groups -OCH3 is 1. The standard InChI is InChI=1S/C16H24O3/c1-16(2,11-17)14-10-13(4-5-15(14)18-3)12-6-8-19-9-7-12/h4-5,10,12,17H,6-9,11H2,1-3H3. The molecule has 0 aromatic heterocycles. The van der Waals surface area contributed by atoms with E-state index in [0.29, 0.717) is 5.92 Å². The summed E-state index contributed by atoms with van der Waals surface area (Å²) in [6, 6.07) is 6.37. The van der Waals surface area contributed by atoms with Gasteiger partial charge in [-0.05, 0) is 30.4 Å². The van der Waals surface area contributed by atoms with Crippen LogP contribution in [0.3, 0.4) is 0 Å². The first-order chi connectivity index (χ1) is 9.08. The van der Waals surface area contributed by atoms with Gasteiger partial charge in [0, 0.05) is 24.2 Å². The molecule has 1 saturated heterocycles. The number of ether oxygens (including phenoxy) is 2. The Bertz CT molecular complexity index is 420. The molecular formula is C16H24O3. The molecule has 0 amide bonds. The third kappa shape index (κ3) is 3.10. The van der Waals surface area contributed by atoms with E-state index < -0.39 is 0 Å². The lowest BCUT2D eigenvalue weighted by molar-refractivity contribution is 0.0853. The van der Waals surface area contributed by atoms with Crippen molar-refractivity contribution in [2.24, 2.45) is 0 Å². The lowest BCUT2D eigenvalue weighted by Crippen LogP contribution is -2.23. The second-order valence-electron chi connectivity index (χ2n) is 5.89. The second kappa shape index (κ2) is 5.93. The molecule has 1 aromatic rings. The Hall–Kier alpha value is -1.06. The molecule has 1 aromatic carbocycles. The van der Waals surface area contributed by atoms with Gasteiger partial charge in [-0.15, -0.1) is 0 Å². The lowest BCUT2D eigenvalue weighted by atomic mass is 9.81. The Morgan fingerprint density at radius 2 is 2.00 bits per heavy atom. The predicted octanol–water partition coefficient (Wildman–Crippen LogP) is 2.86. The van der Waals surface area contributed by atoms with Crippen LogP contribution in [-0.2, 0) is 10.2 Å². The maximum Gasteiger partial charge on any atom is 0.122 e. The van der Waals surface area contributed by atoms with Crippen LogP contribution in [0.4, 0.5) is 0 Å². The van der Waals surface area contributed by atoms with E-state index in [1.54, 1.807) is 7.11 Å². The van der Waals surface area contributed by atoms with Gasteiger partial charge in [0.25, 0.3) is 0 Å². The highest BCUT2D eigenvalue weighted by molar-refractivity contribution is 5.43. The zero-order valence-electron chi connectivity index (χ0n) is 12.1. The topological polar surface area (TPSA) is 38.7 Å². The van der Waals surface area contributed by atoms with Crippen LogP contribution in [0.15, 0.2) is 18.2 Å². The molecule has 0 unspecified atom stereocenters. The maximum atomic E-state index is 9.59. The summed E-state index contributed by atoms with van der Waals surface area (Å²) in [6.45, 7) is 5.88. The Morgan fingerprint density at radius 1 is 1.32 bits per heavy atom. The van der Waals surface area contributed by atoms with Crippen molar-refractivity contribution in [1.82, 2.24) is 0 Å². The van der Waals surface area contributed by atoms with Crippen LogP contribution in [0.2, 0.25) is 0 Å². The molecule has 3 heteroatoms. The van der Waals surface area contributed by atoms with Crippen molar-refractivity contribution in [2.75, 3.05) is 26.9 Å². The monoisotopic (exact) mass is 264 g/mol. The van der Waals surface area contributed by atoms with E-state index in [2.05, 4.69) is 12.1 Å². The minimum absolute atomic E-state index is 0.112. The van der Waals surface area contributed by atoms with Gasteiger partial charge >= 0.3 is 0 Å². The molecule has 1 heterocycles. The average molecular weight is 264 g/mol. The second-order valence-corrected chi connectivity index (χ2v) is 5.89. The molecule has 3 nitrogen and oxygen atoms in total. The molecule has 0 radical (unpaired) electrons. The van der Waals surface area contributed by atoms with E-state index in [9.17, 15) is 5.11 Å². The molecule has 0 atom stereocenters. The number of rotatable bonds is 4. The van der Waals surface area contributed by atoms with E-state index >= 15 is 0 Å². The Labute approximate surface area is 115 Å². The van der Waals surface area contributed by atoms with Crippen LogP contribution in [0.5, 0.6) is 5.75 Å². The van der Waals surface area contributed by atoms with Gasteiger partial charge in [-0.25, -0.2) is 0 Å². The van der Waals surface area contributed by atoms with Crippen LogP contribution < -0.4 is 4.74 Å². The Morgan fingerprint density at radius 3 is 2.58 bits per heavy atom. The van der Waals surface area contributed by atoms with Gasteiger partial charge in [0.15, 0.2) is 0 Å². The van der Waals surface area contributed by atoms with E-state index in [1.807, 2.05) is 19.9 Å². The van der Waals surface area contributed by atoms with Crippen LogP contribution in [0.1, 0.15) is 43.7 Å². The molecule has 106 valence electrons. The van der Waals surface area contributed by atoms with Crippen LogP contribution in [-0.4, -0.2) is 32.0 Å². The molecule has 1 N–H and O–H groups in total. The largest absolute Gasteiger partial charge is 0.496 e. The lowest BCUT2D eigenvalue weighted by Gasteiger charge is -2.28. The molecule has 0 bridgehead atoms. The van der Waals surface area contributed by atoms with E-state index in [4.69, 9.17) is 9.47 Å². The first kappa shape index (κ1) is 14.4. The van der Waals surface area contributed by atoms with Gasteiger partial charge in [0.2, 0.25) is 0 Å². The molecule has 19 heavy (non-hydrogen) atoms. The van der Waals surface area contributed by atoms with E-state index in [1.165, 1.54) is 5.56 Å². The minimum atomic E-state index is -0.285. The zero-order valence-corrected chi connectivity index (χ0v) is 12.1. The molecule has 2 rings (SSSR count). The minimum Gasteiger partial charge on any atom is -0.496 e. The van der Waals surface area contributed by atoms with Gasteiger partial charge < -0.3 is 14.6 Å². The summed E-state index contributed by atoms with van der Waals surface area (Å²) in [5, 5.41) is 9.59. The van der Waals surface area contributed by atoms with E-state index in [-0.39, 0.29) is 12.0 Å². The highest BCUT2D eigenvalue weighted by atomic mass is 16.5. The van der Waals surface area contributed by atoms with Gasteiger partial charge in [0.1, 0.15) is 5.75 Å². The smallest absolute Gasteiger partial charge is 0.122 e. The van der Waals surface area contributed by atoms with Crippen molar-refractivity contribution in [3.05, 3.63) is 29.3 Å². The summed E-state index contributed by atoms with van der Waals surface area (Å²) >= 11 is 0. The summed E-state index contributed by atoms with van der Waals surface area (Å²) in [7, 11) is 1.68. The summed E-state index contributed by atoms with van der Waals surface area (Å²) in [5.41, 5.74) is 2.13. The molecule has 0 aliphatic carbocycles. The molecule has 0 saturated carbocycles. The van der Waals surface area contributed by atoms with Gasteiger partial charge in [-0.1, -0.05) is 26.0 Å². The number of hydrogen-bond acceptors (Lipinski definition) is 3. The summed E-state index contributed by atoms with van der Waals surface area (Å²) in [6.07, 6.45) is 2.15. The quantitative estimate of drug-likeness (QED) is 0.909. The van der Waals surface area contributed by atoms with E-state index in [0.717, 1.165) is 37.4 Å². The Balaban J connectivity index is 2.34. The highest BCUT2D eigenvalue weighted by Gasteiger charge is 2.25. The molecule has 1 aliphatic heterocycles. The molecule has 1 aliphatic rings. The molecular weight excluding hydrogens is 240 g/mol. The van der Waals surface area contributed by atoms with Crippen molar-refractivity contribution in [3.8, 4) is 5.75 Å². The van der Waals surface area contributed by atoms with Crippen molar-refractivity contribution in [3.63, 3.8) is 0 Å². The number of aliphatic hydroxyl groups is 1.